The molecule has 0 atom stereocenters. The van der Waals surface area contributed by atoms with Gasteiger partial charge in [0, 0.05) is 12.1 Å². The molecule has 0 spiro atoms. The highest BCUT2D eigenvalue weighted by Crippen LogP contribution is 2.31. The third kappa shape index (κ3) is 3.04. The van der Waals surface area contributed by atoms with Crippen LogP contribution >= 0.6 is 22.7 Å². The summed E-state index contributed by atoms with van der Waals surface area (Å²) in [7, 11) is 0. The first-order chi connectivity index (χ1) is 14.1. The smallest absolute Gasteiger partial charge is 0.291 e. The third-order valence-corrected chi connectivity index (χ3v) is 6.01. The van der Waals surface area contributed by atoms with E-state index in [4.69, 9.17) is 4.42 Å². The minimum absolute atomic E-state index is 0.0437. The van der Waals surface area contributed by atoms with Crippen molar-refractivity contribution in [2.24, 2.45) is 0 Å². The molecule has 0 saturated heterocycles. The van der Waals surface area contributed by atoms with Crippen molar-refractivity contribution in [2.45, 2.75) is 0 Å². The maximum absolute atomic E-state index is 12.6. The highest BCUT2D eigenvalue weighted by atomic mass is 32.1. The number of nitrogens with zero attached hydrogens (tertiary/aromatic N) is 4. The SMILES string of the molecule is O=c1/c(=C/c2ccc(-c3ccccc3[N+](=O)[O-])o2)sc2nc(-c3cccs3)nn12. The highest BCUT2D eigenvalue weighted by Gasteiger charge is 2.17. The van der Waals surface area contributed by atoms with Gasteiger partial charge in [-0.05, 0) is 29.6 Å². The summed E-state index contributed by atoms with van der Waals surface area (Å²) in [6, 6.07) is 13.4. The van der Waals surface area contributed by atoms with Gasteiger partial charge in [0.05, 0.1) is 15.4 Å². The summed E-state index contributed by atoms with van der Waals surface area (Å²) in [4.78, 5) is 29.2. The lowest BCUT2D eigenvalue weighted by Gasteiger charge is -1.98. The molecule has 29 heavy (non-hydrogen) atoms. The second-order valence-electron chi connectivity index (χ2n) is 6.00. The van der Waals surface area contributed by atoms with Gasteiger partial charge < -0.3 is 4.42 Å². The lowest BCUT2D eigenvalue weighted by Crippen LogP contribution is -2.23. The topological polar surface area (TPSA) is 104 Å². The molecule has 0 N–H and O–H groups in total. The molecule has 0 aliphatic heterocycles. The molecule has 0 radical (unpaired) electrons. The van der Waals surface area contributed by atoms with E-state index in [0.29, 0.717) is 32.4 Å². The predicted molar refractivity (Wildman–Crippen MR) is 110 cm³/mol. The van der Waals surface area contributed by atoms with Crippen LogP contribution in [0.5, 0.6) is 0 Å². The van der Waals surface area contributed by atoms with Gasteiger partial charge in [-0.3, -0.25) is 14.9 Å². The van der Waals surface area contributed by atoms with Crippen LogP contribution < -0.4 is 10.1 Å². The van der Waals surface area contributed by atoms with Gasteiger partial charge in [-0.15, -0.1) is 16.4 Å². The molecule has 0 bridgehead atoms. The molecule has 4 heterocycles. The van der Waals surface area contributed by atoms with E-state index in [9.17, 15) is 14.9 Å². The standard InChI is InChI=1S/C19H10N4O4S2/c24-18-16(29-19-20-17(21-22(18)19)15-6-3-9-28-15)10-11-7-8-14(27-11)12-4-1-2-5-13(12)23(25)26/h1-10H/b16-10-. The Morgan fingerprint density at radius 3 is 2.76 bits per heavy atom. The first kappa shape index (κ1) is 17.5. The molecule has 10 heteroatoms. The largest absolute Gasteiger partial charge is 0.456 e. The van der Waals surface area contributed by atoms with Crippen molar-refractivity contribution < 1.29 is 9.34 Å². The maximum Gasteiger partial charge on any atom is 0.291 e. The van der Waals surface area contributed by atoms with E-state index in [1.807, 2.05) is 17.5 Å². The van der Waals surface area contributed by atoms with Gasteiger partial charge in [0.15, 0.2) is 5.82 Å². The van der Waals surface area contributed by atoms with Gasteiger partial charge in [-0.1, -0.05) is 29.5 Å². The Morgan fingerprint density at radius 2 is 2.00 bits per heavy atom. The molecule has 0 unspecified atom stereocenters. The number of thiophene rings is 1. The zero-order valence-corrected chi connectivity index (χ0v) is 16.1. The van der Waals surface area contributed by atoms with Gasteiger partial charge in [0.25, 0.3) is 11.2 Å². The Labute approximate surface area is 170 Å². The van der Waals surface area contributed by atoms with Crippen molar-refractivity contribution in [1.82, 2.24) is 14.6 Å². The van der Waals surface area contributed by atoms with Crippen molar-refractivity contribution in [2.75, 3.05) is 0 Å². The van der Waals surface area contributed by atoms with Crippen molar-refractivity contribution >= 4 is 39.4 Å². The van der Waals surface area contributed by atoms with Gasteiger partial charge in [0.2, 0.25) is 4.96 Å². The summed E-state index contributed by atoms with van der Waals surface area (Å²) in [5.74, 6) is 1.29. The van der Waals surface area contributed by atoms with E-state index < -0.39 is 4.92 Å². The van der Waals surface area contributed by atoms with Crippen molar-refractivity contribution in [3.05, 3.63) is 84.7 Å². The number of thiazole rings is 1. The fourth-order valence-corrected chi connectivity index (χ4v) is 4.43. The number of nitro benzene ring substituents is 1. The molecule has 0 fully saturated rings. The average Bonchev–Trinajstić information content (AvgIpc) is 3.49. The van der Waals surface area contributed by atoms with Crippen LogP contribution in [0.4, 0.5) is 5.69 Å². The first-order valence-corrected chi connectivity index (χ1v) is 10.1. The molecule has 5 rings (SSSR count). The average molecular weight is 422 g/mol. The number of hydrogen-bond donors (Lipinski definition) is 0. The summed E-state index contributed by atoms with van der Waals surface area (Å²) in [5, 5.41) is 17.4. The summed E-state index contributed by atoms with van der Waals surface area (Å²) >= 11 is 2.71. The Bertz CT molecular complexity index is 1460. The van der Waals surface area contributed by atoms with Crippen LogP contribution in [0.3, 0.4) is 0 Å². The summed E-state index contributed by atoms with van der Waals surface area (Å²) in [6.45, 7) is 0. The van der Waals surface area contributed by atoms with Gasteiger partial charge >= 0.3 is 0 Å². The first-order valence-electron chi connectivity index (χ1n) is 8.39. The van der Waals surface area contributed by atoms with E-state index in [1.54, 1.807) is 36.4 Å². The van der Waals surface area contributed by atoms with Crippen molar-refractivity contribution in [3.8, 4) is 22.0 Å². The Balaban J connectivity index is 1.54. The maximum atomic E-state index is 12.6. The molecule has 0 saturated carbocycles. The molecular formula is C19H10N4O4S2. The van der Waals surface area contributed by atoms with Crippen LogP contribution in [0.15, 0.2) is 63.1 Å². The predicted octanol–water partition coefficient (Wildman–Crippen LogP) is 3.60. The van der Waals surface area contributed by atoms with Crippen LogP contribution in [0.2, 0.25) is 0 Å². The molecule has 142 valence electrons. The zero-order valence-electron chi connectivity index (χ0n) is 14.5. The van der Waals surface area contributed by atoms with E-state index in [0.717, 1.165) is 4.88 Å². The minimum atomic E-state index is -0.456. The number of aromatic nitrogens is 3. The van der Waals surface area contributed by atoms with Crippen LogP contribution in [0.25, 0.3) is 33.1 Å². The van der Waals surface area contributed by atoms with Gasteiger partial charge in [-0.2, -0.15) is 9.50 Å². The summed E-state index contributed by atoms with van der Waals surface area (Å²) in [6.07, 6.45) is 1.59. The minimum Gasteiger partial charge on any atom is -0.456 e. The Hall–Kier alpha value is -3.63. The molecule has 0 aliphatic carbocycles. The van der Waals surface area contributed by atoms with Crippen LogP contribution in [0.1, 0.15) is 5.76 Å². The normalized spacial score (nSPS) is 12.1. The highest BCUT2D eigenvalue weighted by molar-refractivity contribution is 7.15. The molecule has 0 amide bonds. The molecular weight excluding hydrogens is 412 g/mol. The number of fused-ring (bicyclic) bond motifs is 1. The Kier molecular flexibility index (Phi) is 4.07. The van der Waals surface area contributed by atoms with Crippen LogP contribution in [-0.4, -0.2) is 19.5 Å². The molecule has 5 aromatic rings. The number of nitro groups is 1. The number of furan rings is 1. The molecule has 4 aromatic heterocycles. The molecule has 0 aliphatic rings. The second-order valence-corrected chi connectivity index (χ2v) is 7.96. The van der Waals surface area contributed by atoms with Crippen LogP contribution in [0, 0.1) is 10.1 Å². The number of benzene rings is 1. The molecule has 8 nitrogen and oxygen atoms in total. The fourth-order valence-electron chi connectivity index (χ4n) is 2.89. The lowest BCUT2D eigenvalue weighted by atomic mass is 10.1. The van der Waals surface area contributed by atoms with E-state index >= 15 is 0 Å². The van der Waals surface area contributed by atoms with Crippen LogP contribution in [-0.2, 0) is 0 Å². The van der Waals surface area contributed by atoms with Crippen molar-refractivity contribution in [3.63, 3.8) is 0 Å². The van der Waals surface area contributed by atoms with E-state index in [-0.39, 0.29) is 11.2 Å². The van der Waals surface area contributed by atoms with Gasteiger partial charge in [-0.25, -0.2) is 0 Å². The quantitative estimate of drug-likeness (QED) is 0.324. The number of para-hydroxylation sites is 1. The fraction of sp³-hybridized carbons (Fsp3) is 0. The van der Waals surface area contributed by atoms with E-state index in [2.05, 4.69) is 10.1 Å². The number of hydrogen-bond acceptors (Lipinski definition) is 8. The lowest BCUT2D eigenvalue weighted by molar-refractivity contribution is -0.384. The molecule has 1 aromatic carbocycles. The zero-order chi connectivity index (χ0) is 20.0. The summed E-state index contributed by atoms with van der Waals surface area (Å²) in [5.41, 5.74) is 0.0458. The monoisotopic (exact) mass is 422 g/mol. The second kappa shape index (κ2) is 6.76. The summed E-state index contributed by atoms with van der Waals surface area (Å²) < 4.78 is 7.43. The van der Waals surface area contributed by atoms with Crippen molar-refractivity contribution in [1.29, 1.82) is 0 Å². The van der Waals surface area contributed by atoms with E-state index in [1.165, 1.54) is 33.3 Å². The third-order valence-electron chi connectivity index (χ3n) is 4.19. The Morgan fingerprint density at radius 1 is 1.14 bits per heavy atom. The number of rotatable bonds is 4. The van der Waals surface area contributed by atoms with Gasteiger partial charge in [0.1, 0.15) is 16.1 Å².